The summed E-state index contributed by atoms with van der Waals surface area (Å²) in [4.78, 5) is 6.06. The molecular weight excluding hydrogens is 326 g/mol. The number of rotatable bonds is 5. The zero-order valence-corrected chi connectivity index (χ0v) is 14.6. The molecule has 0 bridgehead atoms. The molecule has 0 unspecified atom stereocenters. The average Bonchev–Trinajstić information content (AvgIpc) is 3.07. The van der Waals surface area contributed by atoms with Crippen LogP contribution in [0.2, 0.25) is 0 Å². The van der Waals surface area contributed by atoms with Crippen LogP contribution in [0.4, 0.5) is 8.78 Å². The van der Waals surface area contributed by atoms with Crippen molar-refractivity contribution in [3.63, 3.8) is 0 Å². The zero-order valence-electron chi connectivity index (χ0n) is 14.6. The van der Waals surface area contributed by atoms with Crippen LogP contribution < -0.4 is 0 Å². The summed E-state index contributed by atoms with van der Waals surface area (Å²) >= 11 is 0. The Hall–Kier alpha value is -1.86. The Labute approximate surface area is 146 Å². The number of piperidine rings is 1. The molecule has 7 heteroatoms. The smallest absolute Gasteiger partial charge is 0.137 e. The van der Waals surface area contributed by atoms with Gasteiger partial charge in [0.1, 0.15) is 29.9 Å². The molecule has 5 nitrogen and oxygen atoms in total. The Kier molecular flexibility index (Phi) is 5.15. The number of benzene rings is 1. The molecule has 2 atom stereocenters. The second-order valence-electron chi connectivity index (χ2n) is 7.04. The Bertz CT molecular complexity index is 701. The van der Waals surface area contributed by atoms with E-state index in [4.69, 9.17) is 0 Å². The monoisotopic (exact) mass is 350 g/mol. The third-order valence-corrected chi connectivity index (χ3v) is 5.32. The minimum Gasteiger partial charge on any atom is -0.381 e. The summed E-state index contributed by atoms with van der Waals surface area (Å²) in [6.07, 6.45) is 4.93. The molecule has 1 aromatic carbocycles. The molecule has 136 valence electrons. The van der Waals surface area contributed by atoms with E-state index in [1.54, 1.807) is 0 Å². The van der Waals surface area contributed by atoms with E-state index >= 15 is 0 Å². The first kappa shape index (κ1) is 17.9. The minimum absolute atomic E-state index is 0.0444. The SMILES string of the molecule is CC1CCN([C@H](C)[C@](O)(Cn2cncn2)c2ccc(F)cc2F)CC1. The first-order chi connectivity index (χ1) is 11.9. The molecule has 0 aliphatic carbocycles. The van der Waals surface area contributed by atoms with Crippen molar-refractivity contribution in [1.29, 1.82) is 0 Å². The van der Waals surface area contributed by atoms with Gasteiger partial charge in [0.15, 0.2) is 0 Å². The fourth-order valence-corrected chi connectivity index (χ4v) is 3.56. The van der Waals surface area contributed by atoms with Gasteiger partial charge in [0.2, 0.25) is 0 Å². The molecule has 1 aliphatic rings. The highest BCUT2D eigenvalue weighted by Crippen LogP contribution is 2.34. The average molecular weight is 350 g/mol. The Morgan fingerprint density at radius 3 is 2.64 bits per heavy atom. The van der Waals surface area contributed by atoms with E-state index in [9.17, 15) is 13.9 Å². The molecule has 1 aliphatic heterocycles. The van der Waals surface area contributed by atoms with E-state index in [0.717, 1.165) is 32.0 Å². The van der Waals surface area contributed by atoms with Gasteiger partial charge in [-0.15, -0.1) is 0 Å². The highest BCUT2D eigenvalue weighted by atomic mass is 19.1. The standard InChI is InChI=1S/C18H24F2N4O/c1-13-5-7-23(8-6-13)14(2)18(25,10-24-12-21-11-22-24)16-4-3-15(19)9-17(16)20/h3-4,9,11-14,25H,5-8,10H2,1-2H3/t14-,18-/m1/s1. The maximum atomic E-state index is 14.5. The number of nitrogens with zero attached hydrogens (tertiary/aromatic N) is 4. The van der Waals surface area contributed by atoms with Crippen LogP contribution in [0.15, 0.2) is 30.9 Å². The van der Waals surface area contributed by atoms with Gasteiger partial charge in [-0.25, -0.2) is 18.4 Å². The summed E-state index contributed by atoms with van der Waals surface area (Å²) < 4.78 is 29.3. The van der Waals surface area contributed by atoms with Gasteiger partial charge >= 0.3 is 0 Å². The quantitative estimate of drug-likeness (QED) is 0.900. The second-order valence-corrected chi connectivity index (χ2v) is 7.04. The first-order valence-electron chi connectivity index (χ1n) is 8.64. The van der Waals surface area contributed by atoms with Gasteiger partial charge < -0.3 is 5.11 Å². The number of aromatic nitrogens is 3. The Morgan fingerprint density at radius 1 is 1.32 bits per heavy atom. The molecule has 1 fully saturated rings. The normalized spacial score (nSPS) is 20.4. The van der Waals surface area contributed by atoms with Crippen LogP contribution in [0.1, 0.15) is 32.3 Å². The second kappa shape index (κ2) is 7.17. The molecule has 2 aromatic rings. The van der Waals surface area contributed by atoms with Gasteiger partial charge in [-0.1, -0.05) is 13.0 Å². The maximum absolute atomic E-state index is 14.5. The maximum Gasteiger partial charge on any atom is 0.137 e. The van der Waals surface area contributed by atoms with Crippen LogP contribution in [0.3, 0.4) is 0 Å². The van der Waals surface area contributed by atoms with E-state index in [-0.39, 0.29) is 18.2 Å². The fraction of sp³-hybridized carbons (Fsp3) is 0.556. The van der Waals surface area contributed by atoms with Gasteiger partial charge in [-0.2, -0.15) is 5.10 Å². The molecule has 3 rings (SSSR count). The lowest BCUT2D eigenvalue weighted by Gasteiger charge is -2.43. The van der Waals surface area contributed by atoms with Gasteiger partial charge in [-0.3, -0.25) is 4.90 Å². The van der Waals surface area contributed by atoms with E-state index in [1.807, 2.05) is 6.92 Å². The molecule has 0 radical (unpaired) electrons. The molecule has 1 N–H and O–H groups in total. The van der Waals surface area contributed by atoms with Crippen molar-refractivity contribution in [3.05, 3.63) is 48.1 Å². The largest absolute Gasteiger partial charge is 0.381 e. The summed E-state index contributed by atoms with van der Waals surface area (Å²) in [5.41, 5.74) is -1.47. The van der Waals surface area contributed by atoms with Gasteiger partial charge in [0.05, 0.1) is 6.54 Å². The number of likely N-dealkylation sites (tertiary alicyclic amines) is 1. The summed E-state index contributed by atoms with van der Waals surface area (Å²) in [5.74, 6) is -0.766. The first-order valence-corrected chi connectivity index (χ1v) is 8.64. The summed E-state index contributed by atoms with van der Waals surface area (Å²) in [6.45, 7) is 5.82. The van der Waals surface area contributed by atoms with Crippen LogP contribution >= 0.6 is 0 Å². The van der Waals surface area contributed by atoms with Crippen molar-refractivity contribution in [2.24, 2.45) is 5.92 Å². The highest BCUT2D eigenvalue weighted by Gasteiger charge is 2.42. The minimum atomic E-state index is -1.55. The van der Waals surface area contributed by atoms with Crippen LogP contribution in [0.5, 0.6) is 0 Å². The van der Waals surface area contributed by atoms with Crippen molar-refractivity contribution in [1.82, 2.24) is 19.7 Å². The lowest BCUT2D eigenvalue weighted by molar-refractivity contribution is -0.0707. The third-order valence-electron chi connectivity index (χ3n) is 5.32. The number of aliphatic hydroxyl groups is 1. The fourth-order valence-electron chi connectivity index (χ4n) is 3.56. The van der Waals surface area contributed by atoms with Gasteiger partial charge in [-0.05, 0) is 44.8 Å². The van der Waals surface area contributed by atoms with Gasteiger partial charge in [0, 0.05) is 17.7 Å². The summed E-state index contributed by atoms with van der Waals surface area (Å²) in [7, 11) is 0. The van der Waals surface area contributed by atoms with E-state index < -0.39 is 17.2 Å². The van der Waals surface area contributed by atoms with Crippen molar-refractivity contribution < 1.29 is 13.9 Å². The predicted octanol–water partition coefficient (Wildman–Crippen LogP) is 2.56. The van der Waals surface area contributed by atoms with Crippen molar-refractivity contribution in [2.45, 2.75) is 44.9 Å². The van der Waals surface area contributed by atoms with Gasteiger partial charge in [0.25, 0.3) is 0 Å². The van der Waals surface area contributed by atoms with E-state index in [1.165, 1.54) is 29.5 Å². The number of hydrogen-bond donors (Lipinski definition) is 1. The molecule has 25 heavy (non-hydrogen) atoms. The molecule has 0 saturated carbocycles. The lowest BCUT2D eigenvalue weighted by atomic mass is 9.84. The van der Waals surface area contributed by atoms with Crippen LogP contribution in [-0.4, -0.2) is 43.9 Å². The molecule has 0 spiro atoms. The topological polar surface area (TPSA) is 54.2 Å². The van der Waals surface area contributed by atoms with Crippen LogP contribution in [-0.2, 0) is 12.1 Å². The third kappa shape index (κ3) is 3.72. The van der Waals surface area contributed by atoms with Crippen molar-refractivity contribution >= 4 is 0 Å². The van der Waals surface area contributed by atoms with E-state index in [0.29, 0.717) is 5.92 Å². The molecule has 1 aromatic heterocycles. The number of halogens is 2. The molecule has 0 amide bonds. The van der Waals surface area contributed by atoms with Crippen molar-refractivity contribution in [2.75, 3.05) is 13.1 Å². The zero-order chi connectivity index (χ0) is 18.0. The molecular formula is C18H24F2N4O. The van der Waals surface area contributed by atoms with Crippen LogP contribution in [0.25, 0.3) is 0 Å². The molecule has 1 saturated heterocycles. The summed E-state index contributed by atoms with van der Waals surface area (Å²) in [6, 6.07) is 2.96. The lowest BCUT2D eigenvalue weighted by Crippen LogP contribution is -2.53. The molecule has 2 heterocycles. The summed E-state index contributed by atoms with van der Waals surface area (Å²) in [5, 5.41) is 15.6. The van der Waals surface area contributed by atoms with Crippen LogP contribution in [0, 0.1) is 17.6 Å². The van der Waals surface area contributed by atoms with Crippen molar-refractivity contribution in [3.8, 4) is 0 Å². The Balaban J connectivity index is 1.96. The number of hydrogen-bond acceptors (Lipinski definition) is 4. The Morgan fingerprint density at radius 2 is 2.04 bits per heavy atom. The highest BCUT2D eigenvalue weighted by molar-refractivity contribution is 5.27. The predicted molar refractivity (Wildman–Crippen MR) is 89.7 cm³/mol. The van der Waals surface area contributed by atoms with E-state index in [2.05, 4.69) is 21.9 Å².